The number of halogens is 1. The number of hydrogen-bond acceptors (Lipinski definition) is 2. The van der Waals surface area contributed by atoms with E-state index >= 15 is 0 Å². The standard InChI is InChI=1S/C10H15BrO2/c11-7-8-6-10(9(12)13-8)4-2-1-3-5-10/h8H,1-7H2. The first-order valence-electron chi connectivity index (χ1n) is 5.04. The lowest BCUT2D eigenvalue weighted by Gasteiger charge is -2.28. The highest BCUT2D eigenvalue weighted by molar-refractivity contribution is 9.09. The monoisotopic (exact) mass is 246 g/mol. The average molecular weight is 247 g/mol. The van der Waals surface area contributed by atoms with Crippen molar-refractivity contribution >= 4 is 21.9 Å². The van der Waals surface area contributed by atoms with Gasteiger partial charge < -0.3 is 4.74 Å². The Morgan fingerprint density at radius 1 is 1.38 bits per heavy atom. The molecule has 1 spiro atoms. The first-order valence-corrected chi connectivity index (χ1v) is 6.16. The van der Waals surface area contributed by atoms with Crippen molar-refractivity contribution in [3.63, 3.8) is 0 Å². The summed E-state index contributed by atoms with van der Waals surface area (Å²) in [6.45, 7) is 0. The minimum Gasteiger partial charge on any atom is -0.461 e. The predicted octanol–water partition coefficient (Wildman–Crippen LogP) is 2.65. The molecule has 1 atom stereocenters. The summed E-state index contributed by atoms with van der Waals surface area (Å²) in [6.07, 6.45) is 6.86. The lowest BCUT2D eigenvalue weighted by molar-refractivity contribution is -0.149. The van der Waals surface area contributed by atoms with Crippen LogP contribution < -0.4 is 0 Å². The van der Waals surface area contributed by atoms with Crippen molar-refractivity contribution < 1.29 is 9.53 Å². The highest BCUT2D eigenvalue weighted by Crippen LogP contribution is 2.46. The SMILES string of the molecule is O=C1OC(CBr)CC12CCCCC2. The number of cyclic esters (lactones) is 1. The van der Waals surface area contributed by atoms with E-state index in [2.05, 4.69) is 15.9 Å². The fraction of sp³-hybridized carbons (Fsp3) is 0.900. The highest BCUT2D eigenvalue weighted by atomic mass is 79.9. The summed E-state index contributed by atoms with van der Waals surface area (Å²) in [5.74, 6) is 0.0663. The third kappa shape index (κ3) is 1.63. The van der Waals surface area contributed by atoms with Crippen LogP contribution in [0.15, 0.2) is 0 Å². The van der Waals surface area contributed by atoms with Gasteiger partial charge in [0, 0.05) is 11.8 Å². The van der Waals surface area contributed by atoms with Gasteiger partial charge in [-0.3, -0.25) is 4.79 Å². The van der Waals surface area contributed by atoms with Gasteiger partial charge in [0.1, 0.15) is 6.10 Å². The molecule has 1 saturated heterocycles. The van der Waals surface area contributed by atoms with E-state index in [1.165, 1.54) is 19.3 Å². The van der Waals surface area contributed by atoms with E-state index in [0.717, 1.165) is 24.6 Å². The molecule has 2 aliphatic rings. The van der Waals surface area contributed by atoms with Crippen molar-refractivity contribution in [2.75, 3.05) is 5.33 Å². The van der Waals surface area contributed by atoms with Crippen LogP contribution in [0.1, 0.15) is 38.5 Å². The number of carbonyl (C=O) groups is 1. The summed E-state index contributed by atoms with van der Waals surface area (Å²) in [5, 5.41) is 0.792. The number of hydrogen-bond donors (Lipinski definition) is 0. The molecule has 0 radical (unpaired) electrons. The predicted molar refractivity (Wildman–Crippen MR) is 53.8 cm³/mol. The van der Waals surface area contributed by atoms with E-state index in [-0.39, 0.29) is 17.5 Å². The Kier molecular flexibility index (Phi) is 2.63. The Morgan fingerprint density at radius 2 is 2.08 bits per heavy atom. The fourth-order valence-electron chi connectivity index (χ4n) is 2.56. The molecule has 74 valence electrons. The lowest BCUT2D eigenvalue weighted by Crippen LogP contribution is -2.28. The second kappa shape index (κ2) is 3.60. The maximum atomic E-state index is 11.7. The smallest absolute Gasteiger partial charge is 0.312 e. The molecule has 2 nitrogen and oxygen atoms in total. The average Bonchev–Trinajstić information content (AvgIpc) is 2.45. The van der Waals surface area contributed by atoms with Crippen LogP contribution in [0.25, 0.3) is 0 Å². The third-order valence-electron chi connectivity index (χ3n) is 3.31. The molecule has 0 aromatic rings. The molecule has 13 heavy (non-hydrogen) atoms. The molecule has 2 fully saturated rings. The Bertz CT molecular complexity index is 209. The molecular formula is C10H15BrO2. The van der Waals surface area contributed by atoms with Crippen molar-refractivity contribution in [1.82, 2.24) is 0 Å². The lowest BCUT2D eigenvalue weighted by atomic mass is 9.72. The van der Waals surface area contributed by atoms with Gasteiger partial charge in [-0.05, 0) is 12.8 Å². The maximum absolute atomic E-state index is 11.7. The van der Waals surface area contributed by atoms with Crippen LogP contribution in [-0.2, 0) is 9.53 Å². The molecule has 0 aromatic heterocycles. The molecule has 0 N–H and O–H groups in total. The Morgan fingerprint density at radius 3 is 2.62 bits per heavy atom. The number of carbonyl (C=O) groups excluding carboxylic acids is 1. The number of ether oxygens (including phenoxy) is 1. The van der Waals surface area contributed by atoms with Crippen LogP contribution in [0.5, 0.6) is 0 Å². The molecule has 1 unspecified atom stereocenters. The summed E-state index contributed by atoms with van der Waals surface area (Å²) in [7, 11) is 0. The summed E-state index contributed by atoms with van der Waals surface area (Å²) in [4.78, 5) is 11.7. The van der Waals surface area contributed by atoms with Gasteiger partial charge in [-0.1, -0.05) is 35.2 Å². The molecule has 1 heterocycles. The van der Waals surface area contributed by atoms with Gasteiger partial charge in [-0.25, -0.2) is 0 Å². The van der Waals surface area contributed by atoms with E-state index in [0.29, 0.717) is 0 Å². The second-order valence-corrected chi connectivity index (χ2v) is 4.87. The van der Waals surface area contributed by atoms with Crippen molar-refractivity contribution in [3.05, 3.63) is 0 Å². The Labute approximate surface area is 87.2 Å². The molecule has 0 amide bonds. The normalized spacial score (nSPS) is 32.1. The van der Waals surface area contributed by atoms with Crippen molar-refractivity contribution in [2.45, 2.75) is 44.6 Å². The summed E-state index contributed by atoms with van der Waals surface area (Å²) < 4.78 is 5.32. The maximum Gasteiger partial charge on any atom is 0.312 e. The fourth-order valence-corrected chi connectivity index (χ4v) is 2.92. The number of rotatable bonds is 1. The quantitative estimate of drug-likeness (QED) is 0.526. The summed E-state index contributed by atoms with van der Waals surface area (Å²) >= 11 is 3.38. The van der Waals surface area contributed by atoms with Gasteiger partial charge in [0.15, 0.2) is 0 Å². The van der Waals surface area contributed by atoms with E-state index in [9.17, 15) is 4.79 Å². The second-order valence-electron chi connectivity index (χ2n) is 4.23. The molecule has 3 heteroatoms. The minimum absolute atomic E-state index is 0.0663. The van der Waals surface area contributed by atoms with Crippen molar-refractivity contribution in [1.29, 1.82) is 0 Å². The molecule has 0 bridgehead atoms. The zero-order chi connectivity index (χ0) is 9.31. The highest BCUT2D eigenvalue weighted by Gasteiger charge is 2.48. The van der Waals surface area contributed by atoms with E-state index in [1.54, 1.807) is 0 Å². The van der Waals surface area contributed by atoms with Gasteiger partial charge in [0.2, 0.25) is 0 Å². The van der Waals surface area contributed by atoms with Crippen LogP contribution in [-0.4, -0.2) is 17.4 Å². The van der Waals surface area contributed by atoms with Gasteiger partial charge >= 0.3 is 5.97 Å². The van der Waals surface area contributed by atoms with Crippen molar-refractivity contribution in [2.24, 2.45) is 5.41 Å². The van der Waals surface area contributed by atoms with Gasteiger partial charge in [0.25, 0.3) is 0 Å². The first-order chi connectivity index (χ1) is 6.27. The van der Waals surface area contributed by atoms with Gasteiger partial charge in [-0.15, -0.1) is 0 Å². The van der Waals surface area contributed by atoms with Crippen LogP contribution in [0.3, 0.4) is 0 Å². The molecule has 1 aliphatic carbocycles. The first kappa shape index (κ1) is 9.50. The summed E-state index contributed by atoms with van der Waals surface area (Å²) in [6, 6.07) is 0. The zero-order valence-electron chi connectivity index (χ0n) is 7.72. The van der Waals surface area contributed by atoms with Gasteiger partial charge in [-0.2, -0.15) is 0 Å². The van der Waals surface area contributed by atoms with E-state index in [1.807, 2.05) is 0 Å². The molecule has 1 saturated carbocycles. The topological polar surface area (TPSA) is 26.3 Å². The van der Waals surface area contributed by atoms with E-state index in [4.69, 9.17) is 4.74 Å². The largest absolute Gasteiger partial charge is 0.461 e. The van der Waals surface area contributed by atoms with Crippen molar-refractivity contribution in [3.8, 4) is 0 Å². The van der Waals surface area contributed by atoms with Crippen LogP contribution >= 0.6 is 15.9 Å². The number of alkyl halides is 1. The molecular weight excluding hydrogens is 232 g/mol. The Hall–Kier alpha value is -0.0500. The molecule has 0 aromatic carbocycles. The van der Waals surface area contributed by atoms with Crippen LogP contribution in [0.4, 0.5) is 0 Å². The molecule has 2 rings (SSSR count). The zero-order valence-corrected chi connectivity index (χ0v) is 9.31. The molecule has 1 aliphatic heterocycles. The summed E-state index contributed by atoms with van der Waals surface area (Å²) in [5.41, 5.74) is -0.0866. The van der Waals surface area contributed by atoms with Crippen LogP contribution in [0, 0.1) is 5.41 Å². The number of esters is 1. The minimum atomic E-state index is -0.0866. The van der Waals surface area contributed by atoms with E-state index < -0.39 is 0 Å². The van der Waals surface area contributed by atoms with Gasteiger partial charge in [0.05, 0.1) is 5.41 Å². The Balaban J connectivity index is 2.08. The third-order valence-corrected chi connectivity index (χ3v) is 4.03. The van der Waals surface area contributed by atoms with Crippen LogP contribution in [0.2, 0.25) is 0 Å².